The molecule has 0 bridgehead atoms. The van der Waals surface area contributed by atoms with Crippen molar-refractivity contribution in [1.82, 2.24) is 37.2 Å². The zero-order valence-electron chi connectivity index (χ0n) is 42.5. The van der Waals surface area contributed by atoms with E-state index in [1.807, 2.05) is 6.07 Å². The minimum absolute atomic E-state index is 0.0329. The molecule has 0 saturated carbocycles. The molecule has 9 atom stereocenters. The molecule has 5 rings (SSSR count). The highest BCUT2D eigenvalue weighted by Crippen LogP contribution is 2.24. The van der Waals surface area contributed by atoms with Gasteiger partial charge < -0.3 is 69.7 Å². The quantitative estimate of drug-likeness (QED) is 0.0461. The maximum atomic E-state index is 14.7. The van der Waals surface area contributed by atoms with Crippen molar-refractivity contribution in [3.8, 4) is 17.6 Å². The number of rotatable bonds is 18. The Bertz CT molecular complexity index is 2750. The lowest BCUT2D eigenvalue weighted by Gasteiger charge is -2.29. The number of nitriles is 1. The third-order valence-electron chi connectivity index (χ3n) is 12.4. The number of hydrogen-bond donors (Lipinski definition) is 13. The van der Waals surface area contributed by atoms with Crippen LogP contribution in [0.5, 0.6) is 11.5 Å². The molecule has 0 radical (unpaired) electrons. The molecule has 16 N–H and O–H groups in total. The van der Waals surface area contributed by atoms with Gasteiger partial charge in [0.15, 0.2) is 0 Å². The number of halogens is 1. The third-order valence-corrected chi connectivity index (χ3v) is 15.0. The van der Waals surface area contributed by atoms with Gasteiger partial charge in [-0.25, -0.2) is 0 Å². The van der Waals surface area contributed by atoms with Gasteiger partial charge in [0.2, 0.25) is 47.3 Å². The highest BCUT2D eigenvalue weighted by molar-refractivity contribution is 8.76. The van der Waals surface area contributed by atoms with Crippen molar-refractivity contribution < 1.29 is 53.7 Å². The van der Waals surface area contributed by atoms with Gasteiger partial charge in [0.05, 0.1) is 23.8 Å². The molecule has 25 heteroatoms. The number of carbonyl (C=O) groups is 8. The second-order valence-electron chi connectivity index (χ2n) is 18.5. The second kappa shape index (κ2) is 30.5. The standard InChI is InChI=1S/C53H64ClN11O11S2/c1-29(66)45-53(76)64-44(51(74)60-40(46(58)69)23-32-11-17-36(67)18-12-32)28-78-77-27-43(63-47(70)38(57)22-30-9-15-35(54)16-10-30)52(75)62-42(25-33-13-19-37(68)20-14-33)50(73)61-41(24-31-5-7-34(26-56)8-6-31)49(72)59-39(48(71)65-45)4-2-3-21-55/h5-20,29,38-45,66-68H,2-4,21-25,27-28,55,57H2,1H3,(H2,58,69)(H,59,72)(H,60,74)(H,61,73)(H,62,75)(H,63,70)(H,64,76)(H,65,71)/t29?,38-,39-,40+,41+,42-,43+,44-,45?/m0/s1. The van der Waals surface area contributed by atoms with Gasteiger partial charge in [-0.3, -0.25) is 38.4 Å². The topological polar surface area (TPSA) is 383 Å². The van der Waals surface area contributed by atoms with Gasteiger partial charge in [0.25, 0.3) is 0 Å². The summed E-state index contributed by atoms with van der Waals surface area (Å²) in [6, 6.07) is 14.7. The molecule has 2 unspecified atom stereocenters. The van der Waals surface area contributed by atoms with Crippen molar-refractivity contribution >= 4 is 80.4 Å². The summed E-state index contributed by atoms with van der Waals surface area (Å²) in [5, 5.41) is 59.2. The summed E-state index contributed by atoms with van der Waals surface area (Å²) >= 11 is 6.07. The van der Waals surface area contributed by atoms with E-state index in [1.165, 1.54) is 67.6 Å². The fraction of sp³-hybridized carbons (Fsp3) is 0.377. The van der Waals surface area contributed by atoms with E-state index in [0.29, 0.717) is 45.7 Å². The van der Waals surface area contributed by atoms with E-state index in [4.69, 9.17) is 28.8 Å². The van der Waals surface area contributed by atoms with Gasteiger partial charge in [-0.15, -0.1) is 0 Å². The molecule has 1 saturated heterocycles. The Labute approximate surface area is 463 Å². The number of primary amides is 1. The molecule has 1 heterocycles. The summed E-state index contributed by atoms with van der Waals surface area (Å²) in [6.45, 7) is 1.43. The highest BCUT2D eigenvalue weighted by Gasteiger charge is 2.36. The summed E-state index contributed by atoms with van der Waals surface area (Å²) in [4.78, 5) is 113. The molecule has 1 aliphatic rings. The van der Waals surface area contributed by atoms with Crippen molar-refractivity contribution in [1.29, 1.82) is 5.26 Å². The van der Waals surface area contributed by atoms with Crippen LogP contribution in [0.25, 0.3) is 0 Å². The van der Waals surface area contributed by atoms with Crippen LogP contribution in [0.2, 0.25) is 5.02 Å². The number of phenols is 2. The van der Waals surface area contributed by atoms with Gasteiger partial charge in [0, 0.05) is 35.8 Å². The smallest absolute Gasteiger partial charge is 0.245 e. The first-order valence-corrected chi connectivity index (χ1v) is 27.7. The van der Waals surface area contributed by atoms with Crippen LogP contribution in [0.3, 0.4) is 0 Å². The number of aromatic hydroxyl groups is 2. The van der Waals surface area contributed by atoms with Crippen molar-refractivity contribution in [2.75, 3.05) is 18.1 Å². The van der Waals surface area contributed by atoms with Gasteiger partial charge in [-0.2, -0.15) is 5.26 Å². The number of carbonyl (C=O) groups excluding carboxylic acids is 8. The Hall–Kier alpha value is -7.40. The predicted octanol–water partition coefficient (Wildman–Crippen LogP) is 0.00448. The van der Waals surface area contributed by atoms with Crippen LogP contribution in [0.4, 0.5) is 0 Å². The van der Waals surface area contributed by atoms with Crippen molar-refractivity contribution in [2.45, 2.75) is 106 Å². The summed E-state index contributed by atoms with van der Waals surface area (Å²) in [5.41, 5.74) is 20.3. The first kappa shape index (κ1) is 61.5. The molecule has 4 aromatic rings. The largest absolute Gasteiger partial charge is 0.508 e. The Morgan fingerprint density at radius 3 is 1.74 bits per heavy atom. The van der Waals surface area contributed by atoms with Crippen molar-refractivity contribution in [2.24, 2.45) is 17.2 Å². The molecule has 4 aromatic carbocycles. The van der Waals surface area contributed by atoms with Crippen LogP contribution in [-0.4, -0.2) is 135 Å². The number of nitrogens with two attached hydrogens (primary N) is 3. The fourth-order valence-electron chi connectivity index (χ4n) is 7.94. The Kier molecular flexibility index (Phi) is 24.0. The van der Waals surface area contributed by atoms with Crippen LogP contribution in [-0.2, 0) is 64.0 Å². The van der Waals surface area contributed by atoms with E-state index in [0.717, 1.165) is 21.6 Å². The molecule has 78 heavy (non-hydrogen) atoms. The van der Waals surface area contributed by atoms with Crippen LogP contribution in [0.1, 0.15) is 54.0 Å². The van der Waals surface area contributed by atoms with Crippen LogP contribution < -0.4 is 54.4 Å². The maximum absolute atomic E-state index is 14.7. The summed E-state index contributed by atoms with van der Waals surface area (Å²) in [7, 11) is 1.92. The minimum atomic E-state index is -1.75. The monoisotopic (exact) mass is 1130 g/mol. The lowest BCUT2D eigenvalue weighted by molar-refractivity contribution is -0.136. The zero-order valence-corrected chi connectivity index (χ0v) is 44.9. The first-order valence-electron chi connectivity index (χ1n) is 24.8. The number of hydrogen-bond acceptors (Lipinski definition) is 16. The molecule has 416 valence electrons. The Morgan fingerprint density at radius 1 is 0.692 bits per heavy atom. The van der Waals surface area contributed by atoms with E-state index in [9.17, 15) is 58.9 Å². The molecule has 0 aromatic heterocycles. The SMILES string of the molecule is CC(O)C1NC(=O)[C@H](CCCCN)NC(=O)[C@@H](Cc2ccc(C#N)cc2)NC(=O)[C@H](Cc2ccc(O)cc2)NC(=O)[C@H](NC(=O)[C@@H](N)Cc2ccc(Cl)cc2)CSSC[C@@H](C(=O)N[C@H](Cc2ccc(O)cc2)C(N)=O)NC1=O. The van der Waals surface area contributed by atoms with E-state index in [-0.39, 0.29) is 61.7 Å². The second-order valence-corrected chi connectivity index (χ2v) is 21.5. The summed E-state index contributed by atoms with van der Waals surface area (Å²) < 4.78 is 0. The highest BCUT2D eigenvalue weighted by atomic mass is 35.5. The lowest BCUT2D eigenvalue weighted by atomic mass is 10.0. The number of unbranched alkanes of at least 4 members (excludes halogenated alkanes) is 1. The molecule has 1 aliphatic heterocycles. The van der Waals surface area contributed by atoms with Crippen LogP contribution >= 0.6 is 33.2 Å². The number of phenolic OH excluding ortho intramolecular Hbond substituents is 2. The Balaban J connectivity index is 1.57. The Morgan fingerprint density at radius 2 is 1.19 bits per heavy atom. The number of nitrogens with one attached hydrogen (secondary N) is 7. The van der Waals surface area contributed by atoms with E-state index in [2.05, 4.69) is 37.2 Å². The van der Waals surface area contributed by atoms with Gasteiger partial charge in [-0.1, -0.05) is 81.7 Å². The number of benzene rings is 4. The summed E-state index contributed by atoms with van der Waals surface area (Å²) in [6.07, 6.45) is -1.44. The van der Waals surface area contributed by atoms with Crippen molar-refractivity contribution in [3.05, 3.63) is 130 Å². The average molecular weight is 1130 g/mol. The molecular formula is C53H64ClN11O11S2. The van der Waals surface area contributed by atoms with Crippen LogP contribution in [0, 0.1) is 11.3 Å². The molecule has 8 amide bonds. The first-order chi connectivity index (χ1) is 37.2. The molecule has 0 spiro atoms. The average Bonchev–Trinajstić information content (AvgIpc) is 3.41. The molecular weight excluding hydrogens is 1070 g/mol. The van der Waals surface area contributed by atoms with Gasteiger partial charge in [0.1, 0.15) is 53.8 Å². The third kappa shape index (κ3) is 19.6. The lowest BCUT2D eigenvalue weighted by Crippen LogP contribution is -2.62. The zero-order chi connectivity index (χ0) is 56.9. The number of nitrogens with zero attached hydrogens (tertiary/aromatic N) is 1. The maximum Gasteiger partial charge on any atom is 0.245 e. The van der Waals surface area contributed by atoms with Gasteiger partial charge in [-0.05, 0) is 110 Å². The van der Waals surface area contributed by atoms with Gasteiger partial charge >= 0.3 is 0 Å². The summed E-state index contributed by atoms with van der Waals surface area (Å²) in [5.74, 6) is -7.92. The van der Waals surface area contributed by atoms with E-state index < -0.39 is 102 Å². The van der Waals surface area contributed by atoms with E-state index >= 15 is 0 Å². The molecule has 1 fully saturated rings. The minimum Gasteiger partial charge on any atom is -0.508 e. The predicted molar refractivity (Wildman–Crippen MR) is 294 cm³/mol. The molecule has 22 nitrogen and oxygen atoms in total. The number of amides is 8. The number of aliphatic hydroxyl groups excluding tert-OH is 1. The fourth-order valence-corrected chi connectivity index (χ4v) is 10.4. The normalized spacial score (nSPS) is 21.1. The van der Waals surface area contributed by atoms with E-state index in [1.54, 1.807) is 36.4 Å². The molecule has 0 aliphatic carbocycles. The number of aliphatic hydroxyl groups is 1. The van der Waals surface area contributed by atoms with Crippen molar-refractivity contribution in [3.63, 3.8) is 0 Å². The van der Waals surface area contributed by atoms with Crippen LogP contribution in [0.15, 0.2) is 97.1 Å².